The predicted octanol–water partition coefficient (Wildman–Crippen LogP) is 3.92. The number of halogens is 1. The van der Waals surface area contributed by atoms with E-state index in [4.69, 9.17) is 4.74 Å². The van der Waals surface area contributed by atoms with Crippen LogP contribution in [0.3, 0.4) is 0 Å². The van der Waals surface area contributed by atoms with Gasteiger partial charge in [-0.05, 0) is 47.6 Å². The van der Waals surface area contributed by atoms with Gasteiger partial charge in [0.2, 0.25) is 5.88 Å². The zero-order chi connectivity index (χ0) is 20.5. The molecule has 0 radical (unpaired) electrons. The molecule has 0 aliphatic carbocycles. The van der Waals surface area contributed by atoms with Gasteiger partial charge in [0.1, 0.15) is 0 Å². The third-order valence-electron chi connectivity index (χ3n) is 3.67. The highest BCUT2D eigenvalue weighted by Crippen LogP contribution is 2.34. The van der Waals surface area contributed by atoms with E-state index in [1.54, 1.807) is 6.92 Å². The lowest BCUT2D eigenvalue weighted by molar-refractivity contribution is -0.385. The molecule has 0 saturated heterocycles. The highest BCUT2D eigenvalue weighted by atomic mass is 19.1. The van der Waals surface area contributed by atoms with Gasteiger partial charge in [-0.2, -0.15) is 5.10 Å². The van der Waals surface area contributed by atoms with Crippen molar-refractivity contribution in [1.29, 1.82) is 0 Å². The summed E-state index contributed by atoms with van der Waals surface area (Å²) in [5.74, 6) is -1.23. The van der Waals surface area contributed by atoms with Crippen LogP contribution in [0, 0.1) is 22.9 Å². The first-order valence-corrected chi connectivity index (χ1v) is 8.44. The van der Waals surface area contributed by atoms with Crippen molar-refractivity contribution in [2.24, 2.45) is 0 Å². The van der Waals surface area contributed by atoms with Gasteiger partial charge in [0.25, 0.3) is 11.6 Å². The number of nitrogens with one attached hydrogen (secondary N) is 1. The molecular formula is C18H23FN4O4. The maximum absolute atomic E-state index is 14.3. The molecule has 0 bridgehead atoms. The quantitative estimate of drug-likeness (QED) is 0.628. The molecule has 2 aromatic rings. The number of carbonyl (C=O) groups is 1. The Labute approximate surface area is 156 Å². The minimum absolute atomic E-state index is 0.0758. The second-order valence-electron chi connectivity index (χ2n) is 7.46. The van der Waals surface area contributed by atoms with Crippen molar-refractivity contribution in [2.75, 3.05) is 0 Å². The van der Waals surface area contributed by atoms with Crippen molar-refractivity contribution in [2.45, 2.75) is 53.1 Å². The Hall–Kier alpha value is -2.97. The molecule has 27 heavy (non-hydrogen) atoms. The zero-order valence-corrected chi connectivity index (χ0v) is 16.2. The average molecular weight is 378 g/mol. The van der Waals surface area contributed by atoms with E-state index >= 15 is 0 Å². The largest absolute Gasteiger partial charge is 0.436 e. The summed E-state index contributed by atoms with van der Waals surface area (Å²) < 4.78 is 21.4. The zero-order valence-electron chi connectivity index (χ0n) is 16.2. The molecule has 9 heteroatoms. The smallest absolute Gasteiger partial charge is 0.272 e. The number of nitrogens with zero attached hydrogens (tertiary/aromatic N) is 3. The number of ether oxygens (including phenoxy) is 1. The Morgan fingerprint density at radius 1 is 1.37 bits per heavy atom. The van der Waals surface area contributed by atoms with Crippen molar-refractivity contribution in [3.8, 4) is 11.6 Å². The van der Waals surface area contributed by atoms with Crippen LogP contribution in [0.1, 0.15) is 50.7 Å². The molecule has 1 amide bonds. The standard InChI is InChI=1S/C18H23FN4O4/c1-10(2)20-16(24)15-11(3)17(22(21-15)18(4,5)6)27-14-8-7-12(23(25)26)9-13(14)19/h7-10H,1-6H3,(H,20,24). The van der Waals surface area contributed by atoms with Gasteiger partial charge < -0.3 is 10.1 Å². The van der Waals surface area contributed by atoms with E-state index in [9.17, 15) is 19.3 Å². The normalized spacial score (nSPS) is 11.6. The molecule has 0 aliphatic rings. The first-order chi connectivity index (χ1) is 12.4. The van der Waals surface area contributed by atoms with E-state index in [-0.39, 0.29) is 35.0 Å². The fourth-order valence-corrected chi connectivity index (χ4v) is 2.39. The molecule has 0 fully saturated rings. The molecule has 2 rings (SSSR count). The van der Waals surface area contributed by atoms with Crippen LogP contribution in [0.25, 0.3) is 0 Å². The molecule has 1 aromatic heterocycles. The van der Waals surface area contributed by atoms with Crippen molar-refractivity contribution < 1.29 is 18.8 Å². The van der Waals surface area contributed by atoms with Gasteiger partial charge in [-0.15, -0.1) is 0 Å². The fraction of sp³-hybridized carbons (Fsp3) is 0.444. The Kier molecular flexibility index (Phi) is 5.53. The van der Waals surface area contributed by atoms with Crippen LogP contribution in [-0.4, -0.2) is 26.7 Å². The summed E-state index contributed by atoms with van der Waals surface area (Å²) in [5.41, 5.74) is -0.303. The van der Waals surface area contributed by atoms with E-state index in [2.05, 4.69) is 10.4 Å². The molecule has 0 spiro atoms. The van der Waals surface area contributed by atoms with Crippen molar-refractivity contribution in [1.82, 2.24) is 15.1 Å². The maximum atomic E-state index is 14.3. The number of nitro groups is 1. The monoisotopic (exact) mass is 378 g/mol. The minimum Gasteiger partial charge on any atom is -0.436 e. The van der Waals surface area contributed by atoms with E-state index in [0.717, 1.165) is 12.1 Å². The second-order valence-corrected chi connectivity index (χ2v) is 7.46. The van der Waals surface area contributed by atoms with E-state index < -0.39 is 16.3 Å². The summed E-state index contributed by atoms with van der Waals surface area (Å²) in [6.45, 7) is 10.9. The summed E-state index contributed by atoms with van der Waals surface area (Å²) in [5, 5.41) is 17.9. The van der Waals surface area contributed by atoms with Gasteiger partial charge in [-0.3, -0.25) is 14.9 Å². The van der Waals surface area contributed by atoms with Crippen LogP contribution in [0.15, 0.2) is 18.2 Å². The third kappa shape index (κ3) is 4.42. The van der Waals surface area contributed by atoms with Crippen LogP contribution >= 0.6 is 0 Å². The van der Waals surface area contributed by atoms with E-state index in [1.807, 2.05) is 34.6 Å². The van der Waals surface area contributed by atoms with Gasteiger partial charge >= 0.3 is 0 Å². The molecule has 1 N–H and O–H groups in total. The molecule has 0 unspecified atom stereocenters. The Morgan fingerprint density at radius 2 is 2.00 bits per heavy atom. The van der Waals surface area contributed by atoms with E-state index in [0.29, 0.717) is 5.56 Å². The number of amides is 1. The average Bonchev–Trinajstić information content (AvgIpc) is 2.85. The summed E-state index contributed by atoms with van der Waals surface area (Å²) in [6, 6.07) is 3.04. The SMILES string of the molecule is Cc1c(C(=O)NC(C)C)nn(C(C)(C)C)c1Oc1ccc([N+](=O)[O-])cc1F. The molecule has 8 nitrogen and oxygen atoms in total. The molecule has 1 aromatic carbocycles. The lowest BCUT2D eigenvalue weighted by Crippen LogP contribution is -2.31. The maximum Gasteiger partial charge on any atom is 0.272 e. The Bertz CT molecular complexity index is 884. The molecular weight excluding hydrogens is 355 g/mol. The Balaban J connectivity index is 2.51. The lowest BCUT2D eigenvalue weighted by atomic mass is 10.1. The highest BCUT2D eigenvalue weighted by Gasteiger charge is 2.28. The van der Waals surface area contributed by atoms with Crippen LogP contribution in [-0.2, 0) is 5.54 Å². The molecule has 0 atom stereocenters. The molecule has 146 valence electrons. The summed E-state index contributed by atoms with van der Waals surface area (Å²) in [7, 11) is 0. The number of aromatic nitrogens is 2. The van der Waals surface area contributed by atoms with Crippen LogP contribution in [0.4, 0.5) is 10.1 Å². The highest BCUT2D eigenvalue weighted by molar-refractivity contribution is 5.94. The first kappa shape index (κ1) is 20.3. The number of benzene rings is 1. The van der Waals surface area contributed by atoms with Crippen LogP contribution in [0.2, 0.25) is 0 Å². The molecule has 1 heterocycles. The second kappa shape index (κ2) is 7.34. The van der Waals surface area contributed by atoms with Crippen molar-refractivity contribution in [3.05, 3.63) is 45.4 Å². The van der Waals surface area contributed by atoms with Gasteiger partial charge in [0.15, 0.2) is 17.3 Å². The van der Waals surface area contributed by atoms with Crippen molar-refractivity contribution >= 4 is 11.6 Å². The van der Waals surface area contributed by atoms with Gasteiger partial charge in [0, 0.05) is 17.7 Å². The van der Waals surface area contributed by atoms with Gasteiger partial charge in [-0.1, -0.05) is 0 Å². The number of hydrogen-bond acceptors (Lipinski definition) is 5. The summed E-state index contributed by atoms with van der Waals surface area (Å²) in [4.78, 5) is 22.5. The number of nitro benzene ring substituents is 1. The van der Waals surface area contributed by atoms with Crippen molar-refractivity contribution in [3.63, 3.8) is 0 Å². The Morgan fingerprint density at radius 3 is 2.48 bits per heavy atom. The van der Waals surface area contributed by atoms with Crippen LogP contribution in [0.5, 0.6) is 11.6 Å². The minimum atomic E-state index is -0.876. The molecule has 0 aliphatic heterocycles. The summed E-state index contributed by atoms with van der Waals surface area (Å²) >= 11 is 0. The number of rotatable bonds is 5. The fourth-order valence-electron chi connectivity index (χ4n) is 2.39. The summed E-state index contributed by atoms with van der Waals surface area (Å²) in [6.07, 6.45) is 0. The van der Waals surface area contributed by atoms with E-state index in [1.165, 1.54) is 10.7 Å². The number of hydrogen-bond donors (Lipinski definition) is 1. The van der Waals surface area contributed by atoms with Crippen LogP contribution < -0.4 is 10.1 Å². The topological polar surface area (TPSA) is 99.3 Å². The predicted molar refractivity (Wildman–Crippen MR) is 97.7 cm³/mol. The lowest BCUT2D eigenvalue weighted by Gasteiger charge is -2.22. The number of carbonyl (C=O) groups excluding carboxylic acids is 1. The van der Waals surface area contributed by atoms with Gasteiger partial charge in [-0.25, -0.2) is 9.07 Å². The first-order valence-electron chi connectivity index (χ1n) is 8.44. The third-order valence-corrected chi connectivity index (χ3v) is 3.67. The number of non-ortho nitro benzene ring substituents is 1. The molecule has 0 saturated carbocycles. The van der Waals surface area contributed by atoms with Gasteiger partial charge in [0.05, 0.1) is 16.5 Å².